The van der Waals surface area contributed by atoms with E-state index in [1.165, 1.54) is 19.3 Å². The number of carbonyl (C=O) groups excluding carboxylic acids is 2. The van der Waals surface area contributed by atoms with Gasteiger partial charge >= 0.3 is 0 Å². The summed E-state index contributed by atoms with van der Waals surface area (Å²) in [5, 5.41) is 4.03. The maximum absolute atomic E-state index is 13.7. The zero-order chi connectivity index (χ0) is 22.6. The lowest BCUT2D eigenvalue weighted by molar-refractivity contribution is -0.132. The van der Waals surface area contributed by atoms with Crippen LogP contribution >= 0.6 is 11.6 Å². The Morgan fingerprint density at radius 3 is 2.41 bits per heavy atom. The molecule has 1 N–H and O–H groups in total. The predicted molar refractivity (Wildman–Crippen MR) is 129 cm³/mol. The lowest BCUT2D eigenvalue weighted by Gasteiger charge is -2.44. The Balaban J connectivity index is 1.57. The predicted octanol–water partition coefficient (Wildman–Crippen LogP) is 5.57. The molecular formula is C27H33ClN2O2. The largest absolute Gasteiger partial charge is 0.351 e. The molecule has 1 aliphatic carbocycles. The molecule has 1 heterocycles. The number of nitrogens with one attached hydrogen (secondary N) is 1. The molecule has 0 spiro atoms. The topological polar surface area (TPSA) is 49.4 Å². The Hall–Kier alpha value is -2.33. The summed E-state index contributed by atoms with van der Waals surface area (Å²) in [4.78, 5) is 29.0. The monoisotopic (exact) mass is 452 g/mol. The van der Waals surface area contributed by atoms with Crippen LogP contribution in [0.15, 0.2) is 48.5 Å². The SMILES string of the molecule is C[C@]1(C(=O)NC2CCCCCCC2)Cc2ccccc2C(=O)N1CCc1ccc(Cl)cc1. The van der Waals surface area contributed by atoms with Gasteiger partial charge in [0.2, 0.25) is 5.91 Å². The highest BCUT2D eigenvalue weighted by Crippen LogP contribution is 2.32. The van der Waals surface area contributed by atoms with Crippen LogP contribution in [0.5, 0.6) is 0 Å². The van der Waals surface area contributed by atoms with Crippen molar-refractivity contribution in [2.75, 3.05) is 6.54 Å². The summed E-state index contributed by atoms with van der Waals surface area (Å²) < 4.78 is 0. The molecule has 32 heavy (non-hydrogen) atoms. The van der Waals surface area contributed by atoms with Gasteiger partial charge in [-0.05, 0) is 55.5 Å². The first-order valence-corrected chi connectivity index (χ1v) is 12.3. The Kier molecular flexibility index (Phi) is 7.20. The second-order valence-electron chi connectivity index (χ2n) is 9.46. The smallest absolute Gasteiger partial charge is 0.255 e. The van der Waals surface area contributed by atoms with E-state index in [4.69, 9.17) is 11.6 Å². The van der Waals surface area contributed by atoms with Crippen LogP contribution in [0.4, 0.5) is 0 Å². The van der Waals surface area contributed by atoms with Gasteiger partial charge in [-0.1, -0.05) is 74.0 Å². The molecule has 1 atom stereocenters. The molecule has 4 nitrogen and oxygen atoms in total. The molecule has 2 amide bonds. The van der Waals surface area contributed by atoms with Gasteiger partial charge in [0, 0.05) is 29.6 Å². The van der Waals surface area contributed by atoms with E-state index in [0.717, 1.165) is 36.8 Å². The summed E-state index contributed by atoms with van der Waals surface area (Å²) in [6, 6.07) is 15.6. The van der Waals surface area contributed by atoms with E-state index in [2.05, 4.69) is 5.32 Å². The fraction of sp³-hybridized carbons (Fsp3) is 0.481. The Morgan fingerprint density at radius 1 is 1.03 bits per heavy atom. The number of halogens is 1. The molecule has 2 aromatic carbocycles. The molecule has 0 bridgehead atoms. The van der Waals surface area contributed by atoms with Crippen LogP contribution in [0.3, 0.4) is 0 Å². The van der Waals surface area contributed by atoms with Gasteiger partial charge in [-0.15, -0.1) is 0 Å². The summed E-state index contributed by atoms with van der Waals surface area (Å²) in [6.45, 7) is 2.42. The van der Waals surface area contributed by atoms with Crippen LogP contribution in [0, 0.1) is 0 Å². The van der Waals surface area contributed by atoms with E-state index in [9.17, 15) is 9.59 Å². The van der Waals surface area contributed by atoms with Crippen molar-refractivity contribution in [3.63, 3.8) is 0 Å². The molecule has 170 valence electrons. The minimum absolute atomic E-state index is 0.0259. The van der Waals surface area contributed by atoms with Crippen LogP contribution < -0.4 is 5.32 Å². The van der Waals surface area contributed by atoms with Crippen molar-refractivity contribution in [3.8, 4) is 0 Å². The number of hydrogen-bond acceptors (Lipinski definition) is 2. The third-order valence-electron chi connectivity index (χ3n) is 7.09. The lowest BCUT2D eigenvalue weighted by Crippen LogP contribution is -2.64. The van der Waals surface area contributed by atoms with Gasteiger partial charge < -0.3 is 10.2 Å². The standard InChI is InChI=1S/C27H33ClN2O2/c1-27(26(32)29-23-10-5-3-2-4-6-11-23)19-21-9-7-8-12-24(21)25(31)30(27)18-17-20-13-15-22(28)16-14-20/h7-9,12-16,23H,2-6,10-11,17-19H2,1H3,(H,29,32)/t27-/m1/s1. The number of rotatable bonds is 5. The maximum atomic E-state index is 13.7. The highest BCUT2D eigenvalue weighted by molar-refractivity contribution is 6.30. The number of amides is 2. The van der Waals surface area contributed by atoms with Gasteiger partial charge in [0.15, 0.2) is 0 Å². The summed E-state index contributed by atoms with van der Waals surface area (Å²) in [5.74, 6) is -0.0850. The van der Waals surface area contributed by atoms with E-state index >= 15 is 0 Å². The molecule has 0 aromatic heterocycles. The van der Waals surface area contributed by atoms with Crippen molar-refractivity contribution in [3.05, 3.63) is 70.2 Å². The van der Waals surface area contributed by atoms with E-state index < -0.39 is 5.54 Å². The second-order valence-corrected chi connectivity index (χ2v) is 9.89. The fourth-order valence-corrected chi connectivity index (χ4v) is 5.23. The normalized spacial score (nSPS) is 22.1. The Labute approximate surface area is 196 Å². The van der Waals surface area contributed by atoms with Crippen molar-refractivity contribution in [1.82, 2.24) is 10.2 Å². The van der Waals surface area contributed by atoms with Crippen molar-refractivity contribution in [2.45, 2.75) is 76.3 Å². The van der Waals surface area contributed by atoms with Crippen LogP contribution in [-0.4, -0.2) is 34.8 Å². The first-order valence-electron chi connectivity index (χ1n) is 11.9. The third kappa shape index (κ3) is 5.01. The highest BCUT2D eigenvalue weighted by atomic mass is 35.5. The maximum Gasteiger partial charge on any atom is 0.255 e. The molecule has 0 radical (unpaired) electrons. The molecule has 1 aliphatic heterocycles. The van der Waals surface area contributed by atoms with Crippen molar-refractivity contribution >= 4 is 23.4 Å². The van der Waals surface area contributed by atoms with Crippen LogP contribution in [-0.2, 0) is 17.6 Å². The molecule has 1 saturated carbocycles. The molecule has 5 heteroatoms. The van der Waals surface area contributed by atoms with E-state index in [1.54, 1.807) is 4.90 Å². The number of benzene rings is 2. The number of hydrogen-bond donors (Lipinski definition) is 1. The second kappa shape index (κ2) is 10.1. The molecule has 0 unspecified atom stereocenters. The van der Waals surface area contributed by atoms with Gasteiger partial charge in [-0.25, -0.2) is 0 Å². The summed E-state index contributed by atoms with van der Waals surface area (Å²) in [6.07, 6.45) is 9.35. The Bertz CT molecular complexity index is 950. The summed E-state index contributed by atoms with van der Waals surface area (Å²) in [7, 11) is 0. The highest BCUT2D eigenvalue weighted by Gasteiger charge is 2.46. The zero-order valence-electron chi connectivity index (χ0n) is 18.9. The minimum atomic E-state index is -0.903. The Morgan fingerprint density at radius 2 is 1.69 bits per heavy atom. The number of fused-ring (bicyclic) bond motifs is 1. The molecule has 2 aromatic rings. The molecule has 0 saturated heterocycles. The van der Waals surface area contributed by atoms with E-state index in [1.807, 2.05) is 55.5 Å². The summed E-state index contributed by atoms with van der Waals surface area (Å²) >= 11 is 6.02. The van der Waals surface area contributed by atoms with E-state index in [-0.39, 0.29) is 17.9 Å². The average molecular weight is 453 g/mol. The quantitative estimate of drug-likeness (QED) is 0.644. The first kappa shape index (κ1) is 22.8. The zero-order valence-corrected chi connectivity index (χ0v) is 19.7. The number of carbonyl (C=O) groups is 2. The summed E-state index contributed by atoms with van der Waals surface area (Å²) in [5.41, 5.74) is 1.86. The molecule has 4 rings (SSSR count). The van der Waals surface area contributed by atoms with Gasteiger partial charge in [-0.2, -0.15) is 0 Å². The van der Waals surface area contributed by atoms with Gasteiger partial charge in [0.1, 0.15) is 5.54 Å². The minimum Gasteiger partial charge on any atom is -0.351 e. The fourth-order valence-electron chi connectivity index (χ4n) is 5.10. The van der Waals surface area contributed by atoms with Crippen LogP contribution in [0.2, 0.25) is 5.02 Å². The van der Waals surface area contributed by atoms with Crippen molar-refractivity contribution in [2.24, 2.45) is 0 Å². The van der Waals surface area contributed by atoms with Gasteiger partial charge in [0.05, 0.1) is 0 Å². The van der Waals surface area contributed by atoms with Gasteiger partial charge in [0.25, 0.3) is 5.91 Å². The lowest BCUT2D eigenvalue weighted by atomic mass is 9.82. The van der Waals surface area contributed by atoms with Gasteiger partial charge in [-0.3, -0.25) is 9.59 Å². The van der Waals surface area contributed by atoms with Crippen LogP contribution in [0.1, 0.15) is 73.4 Å². The third-order valence-corrected chi connectivity index (χ3v) is 7.34. The van der Waals surface area contributed by atoms with Crippen molar-refractivity contribution in [1.29, 1.82) is 0 Å². The molecule has 1 fully saturated rings. The van der Waals surface area contributed by atoms with Crippen LogP contribution in [0.25, 0.3) is 0 Å². The van der Waals surface area contributed by atoms with Crippen molar-refractivity contribution < 1.29 is 9.59 Å². The first-order chi connectivity index (χ1) is 15.5. The molecule has 2 aliphatic rings. The average Bonchev–Trinajstić information content (AvgIpc) is 2.76. The van der Waals surface area contributed by atoms with E-state index in [0.29, 0.717) is 30.0 Å². The molecular weight excluding hydrogens is 420 g/mol. The number of nitrogens with zero attached hydrogens (tertiary/aromatic N) is 1.